The molecule has 0 aromatic carbocycles. The molecule has 2 N–H and O–H groups in total. The molecular formula is C14H18N4OS. The lowest BCUT2D eigenvalue weighted by Crippen LogP contribution is -2.27. The third-order valence-electron chi connectivity index (χ3n) is 3.44. The normalized spacial score (nSPS) is 14.5. The van der Waals surface area contributed by atoms with Gasteiger partial charge < -0.3 is 15.2 Å². The summed E-state index contributed by atoms with van der Waals surface area (Å²) < 4.78 is 2.02. The van der Waals surface area contributed by atoms with Crippen LogP contribution in [0, 0.1) is 6.92 Å². The highest BCUT2D eigenvalue weighted by Crippen LogP contribution is 2.37. The molecule has 5 nitrogen and oxygen atoms in total. The van der Waals surface area contributed by atoms with E-state index in [0.29, 0.717) is 24.0 Å². The summed E-state index contributed by atoms with van der Waals surface area (Å²) in [7, 11) is 1.82. The lowest BCUT2D eigenvalue weighted by molar-refractivity contribution is 0.0775. The van der Waals surface area contributed by atoms with Crippen molar-refractivity contribution in [3.05, 3.63) is 34.0 Å². The van der Waals surface area contributed by atoms with E-state index in [-0.39, 0.29) is 5.91 Å². The molecule has 1 aliphatic rings. The summed E-state index contributed by atoms with van der Waals surface area (Å²) in [6.45, 7) is 2.55. The van der Waals surface area contributed by atoms with Crippen LogP contribution in [0.5, 0.6) is 0 Å². The fourth-order valence-electron chi connectivity index (χ4n) is 2.31. The molecule has 1 fully saturated rings. The average molecular weight is 290 g/mol. The fourth-order valence-corrected chi connectivity index (χ4v) is 3.15. The molecule has 2 aromatic rings. The van der Waals surface area contributed by atoms with Crippen molar-refractivity contribution >= 4 is 22.9 Å². The number of hydrogen-bond acceptors (Lipinski definition) is 4. The van der Waals surface area contributed by atoms with Gasteiger partial charge in [-0.15, -0.1) is 11.3 Å². The van der Waals surface area contributed by atoms with E-state index >= 15 is 0 Å². The molecule has 2 aromatic heterocycles. The van der Waals surface area contributed by atoms with Crippen LogP contribution in [0.3, 0.4) is 0 Å². The lowest BCUT2D eigenvalue weighted by Gasteiger charge is -2.17. The average Bonchev–Trinajstić information content (AvgIpc) is 3.07. The maximum Gasteiger partial charge on any atom is 0.270 e. The van der Waals surface area contributed by atoms with Gasteiger partial charge in [0.25, 0.3) is 5.91 Å². The molecule has 6 heteroatoms. The minimum atomic E-state index is 0.0136. The Kier molecular flexibility index (Phi) is 3.25. The van der Waals surface area contributed by atoms with Crippen molar-refractivity contribution in [3.63, 3.8) is 0 Å². The molecule has 20 heavy (non-hydrogen) atoms. The summed E-state index contributed by atoms with van der Waals surface area (Å²) in [5.74, 6) is 0.0136. The first-order valence-electron chi connectivity index (χ1n) is 6.68. The third-order valence-corrected chi connectivity index (χ3v) is 4.34. The quantitative estimate of drug-likeness (QED) is 0.940. The van der Waals surface area contributed by atoms with E-state index in [1.54, 1.807) is 22.3 Å². The van der Waals surface area contributed by atoms with Crippen molar-refractivity contribution in [2.45, 2.75) is 32.4 Å². The Morgan fingerprint density at radius 2 is 2.35 bits per heavy atom. The van der Waals surface area contributed by atoms with Gasteiger partial charge in [0, 0.05) is 30.4 Å². The molecule has 1 saturated carbocycles. The first kappa shape index (κ1) is 13.2. The van der Waals surface area contributed by atoms with Crippen LogP contribution in [-0.2, 0) is 6.54 Å². The molecule has 1 amide bonds. The number of anilines is 1. The number of nitrogen functional groups attached to an aromatic ring is 1. The van der Waals surface area contributed by atoms with E-state index in [9.17, 15) is 4.79 Å². The number of carbonyl (C=O) groups is 1. The van der Waals surface area contributed by atoms with Crippen LogP contribution >= 0.6 is 11.3 Å². The molecular weight excluding hydrogens is 272 g/mol. The van der Waals surface area contributed by atoms with Crippen molar-refractivity contribution in [3.8, 4) is 0 Å². The number of nitrogens with two attached hydrogens (primary N) is 1. The van der Waals surface area contributed by atoms with Gasteiger partial charge in [0.1, 0.15) is 5.69 Å². The number of rotatable bonds is 4. The van der Waals surface area contributed by atoms with E-state index in [1.807, 2.05) is 30.9 Å². The predicted octanol–water partition coefficient (Wildman–Crippen LogP) is 2.44. The summed E-state index contributed by atoms with van der Waals surface area (Å²) in [5, 5.41) is 1.02. The Bertz CT molecular complexity index is 641. The van der Waals surface area contributed by atoms with Gasteiger partial charge in [-0.2, -0.15) is 0 Å². The van der Waals surface area contributed by atoms with E-state index < -0.39 is 0 Å². The standard InChI is InChI=1S/C14H18N4OS/c1-9-16-6-12(20-9)8-17(2)14(19)13-5-10(15)7-18(13)11-3-4-11/h5-7,11H,3-4,8,15H2,1-2H3. The SMILES string of the molecule is Cc1ncc(CN(C)C(=O)c2cc(N)cn2C2CC2)s1. The van der Waals surface area contributed by atoms with Gasteiger partial charge in [-0.05, 0) is 25.8 Å². The smallest absolute Gasteiger partial charge is 0.270 e. The van der Waals surface area contributed by atoms with Crippen LogP contribution in [0.25, 0.3) is 0 Å². The van der Waals surface area contributed by atoms with Gasteiger partial charge in [-0.3, -0.25) is 4.79 Å². The van der Waals surface area contributed by atoms with Crippen LogP contribution in [0.1, 0.15) is 39.3 Å². The van der Waals surface area contributed by atoms with E-state index in [1.165, 1.54) is 0 Å². The van der Waals surface area contributed by atoms with Gasteiger partial charge in [-0.1, -0.05) is 0 Å². The number of nitrogens with zero attached hydrogens (tertiary/aromatic N) is 3. The number of amides is 1. The Balaban J connectivity index is 1.77. The second-order valence-electron chi connectivity index (χ2n) is 5.30. The molecule has 0 aliphatic heterocycles. The second-order valence-corrected chi connectivity index (χ2v) is 6.62. The zero-order valence-electron chi connectivity index (χ0n) is 11.7. The van der Waals surface area contributed by atoms with Crippen molar-refractivity contribution in [1.82, 2.24) is 14.5 Å². The van der Waals surface area contributed by atoms with Crippen LogP contribution < -0.4 is 5.73 Å². The van der Waals surface area contributed by atoms with E-state index in [4.69, 9.17) is 5.73 Å². The number of thiazole rings is 1. The van der Waals surface area contributed by atoms with Gasteiger partial charge >= 0.3 is 0 Å². The van der Waals surface area contributed by atoms with E-state index in [0.717, 1.165) is 22.7 Å². The first-order valence-corrected chi connectivity index (χ1v) is 7.50. The maximum atomic E-state index is 12.6. The van der Waals surface area contributed by atoms with Crippen molar-refractivity contribution in [2.24, 2.45) is 0 Å². The number of aryl methyl sites for hydroxylation is 1. The maximum absolute atomic E-state index is 12.6. The zero-order chi connectivity index (χ0) is 14.3. The molecule has 0 bridgehead atoms. The largest absolute Gasteiger partial charge is 0.397 e. The summed E-state index contributed by atoms with van der Waals surface area (Å²) >= 11 is 1.62. The lowest BCUT2D eigenvalue weighted by atomic mass is 10.3. The summed E-state index contributed by atoms with van der Waals surface area (Å²) in [6.07, 6.45) is 5.96. The van der Waals surface area contributed by atoms with Crippen molar-refractivity contribution < 1.29 is 4.79 Å². The topological polar surface area (TPSA) is 64.2 Å². The molecule has 2 heterocycles. The zero-order valence-corrected chi connectivity index (χ0v) is 12.5. The number of aromatic nitrogens is 2. The summed E-state index contributed by atoms with van der Waals surface area (Å²) in [5.41, 5.74) is 7.18. The van der Waals surface area contributed by atoms with Crippen LogP contribution in [0.15, 0.2) is 18.5 Å². The molecule has 0 saturated heterocycles. The third kappa shape index (κ3) is 2.56. The Morgan fingerprint density at radius 1 is 1.60 bits per heavy atom. The number of hydrogen-bond donors (Lipinski definition) is 1. The summed E-state index contributed by atoms with van der Waals surface area (Å²) in [4.78, 5) is 19.6. The molecule has 0 atom stereocenters. The number of carbonyl (C=O) groups excluding carboxylic acids is 1. The molecule has 3 rings (SSSR count). The minimum absolute atomic E-state index is 0.0136. The van der Waals surface area contributed by atoms with Gasteiger partial charge in [-0.25, -0.2) is 4.98 Å². The first-order chi connectivity index (χ1) is 9.54. The van der Waals surface area contributed by atoms with Gasteiger partial charge in [0.2, 0.25) is 0 Å². The van der Waals surface area contributed by atoms with Crippen molar-refractivity contribution in [1.29, 1.82) is 0 Å². The molecule has 0 spiro atoms. The summed E-state index contributed by atoms with van der Waals surface area (Å²) in [6, 6.07) is 2.22. The van der Waals surface area contributed by atoms with E-state index in [2.05, 4.69) is 4.98 Å². The van der Waals surface area contributed by atoms with Gasteiger partial charge in [0.05, 0.1) is 17.2 Å². The molecule has 1 aliphatic carbocycles. The van der Waals surface area contributed by atoms with Crippen LogP contribution in [0.2, 0.25) is 0 Å². The Morgan fingerprint density at radius 3 is 2.95 bits per heavy atom. The molecule has 0 unspecified atom stereocenters. The highest BCUT2D eigenvalue weighted by molar-refractivity contribution is 7.11. The molecule has 0 radical (unpaired) electrons. The Hall–Kier alpha value is -1.82. The minimum Gasteiger partial charge on any atom is -0.397 e. The second kappa shape index (κ2) is 4.94. The van der Waals surface area contributed by atoms with Gasteiger partial charge in [0.15, 0.2) is 0 Å². The highest BCUT2D eigenvalue weighted by atomic mass is 32.1. The van der Waals surface area contributed by atoms with Crippen LogP contribution in [0.4, 0.5) is 5.69 Å². The predicted molar refractivity (Wildman–Crippen MR) is 79.8 cm³/mol. The van der Waals surface area contributed by atoms with Crippen molar-refractivity contribution in [2.75, 3.05) is 12.8 Å². The fraction of sp³-hybridized carbons (Fsp3) is 0.429. The molecule has 106 valence electrons. The monoisotopic (exact) mass is 290 g/mol. The highest BCUT2D eigenvalue weighted by Gasteiger charge is 2.28. The van der Waals surface area contributed by atoms with Crippen LogP contribution in [-0.4, -0.2) is 27.4 Å². The Labute approximate surface area is 122 Å².